The minimum Gasteiger partial charge on any atom is -0.292 e. The lowest BCUT2D eigenvalue weighted by atomic mass is 10.0. The molecule has 0 aromatic rings. The first-order valence-corrected chi connectivity index (χ1v) is 4.08. The molecule has 0 aromatic heterocycles. The molecule has 2 aliphatic heterocycles. The third-order valence-electron chi connectivity index (χ3n) is 2.58. The zero-order valence-corrected chi connectivity index (χ0v) is 6.47. The summed E-state index contributed by atoms with van der Waals surface area (Å²) in [6.07, 6.45) is 2.27. The van der Waals surface area contributed by atoms with Gasteiger partial charge in [-0.15, -0.1) is 0 Å². The number of nitrogens with zero attached hydrogens (tertiary/aromatic N) is 1. The van der Waals surface area contributed by atoms with Crippen LogP contribution in [0.5, 0.6) is 0 Å². The van der Waals surface area contributed by atoms with Gasteiger partial charge in [0.25, 0.3) is 0 Å². The molecule has 3 heteroatoms. The smallest absolute Gasteiger partial charge is 0.238 e. The molecule has 10 heavy (non-hydrogen) atoms. The number of piperidine rings is 1. The number of carbonyl (C=O) groups is 1. The van der Waals surface area contributed by atoms with E-state index in [0.717, 1.165) is 25.4 Å². The van der Waals surface area contributed by atoms with Crippen molar-refractivity contribution < 1.29 is 4.79 Å². The number of halogens is 1. The van der Waals surface area contributed by atoms with Crippen molar-refractivity contribution >= 4 is 16.8 Å². The zero-order chi connectivity index (χ0) is 7.14. The number of hydrogen-bond donors (Lipinski definition) is 0. The van der Waals surface area contributed by atoms with Gasteiger partial charge < -0.3 is 0 Å². The van der Waals surface area contributed by atoms with Crippen LogP contribution in [0.4, 0.5) is 0 Å². The normalized spacial score (nSPS) is 44.3. The Hall–Kier alpha value is -0.0800. The molecule has 0 aliphatic carbocycles. The number of fused-ring (bicyclic) bond motifs is 2. The van der Waals surface area contributed by atoms with Crippen LogP contribution >= 0.6 is 11.6 Å². The van der Waals surface area contributed by atoms with Crippen LogP contribution in [0.25, 0.3) is 0 Å². The van der Waals surface area contributed by atoms with Gasteiger partial charge in [0.15, 0.2) is 0 Å². The first kappa shape index (κ1) is 6.62. The van der Waals surface area contributed by atoms with Gasteiger partial charge >= 0.3 is 0 Å². The fraction of sp³-hybridized carbons (Fsp3) is 0.857. The number of rotatable bonds is 1. The third-order valence-corrected chi connectivity index (χ3v) is 2.83. The molecule has 3 atom stereocenters. The fourth-order valence-electron chi connectivity index (χ4n) is 2.04. The largest absolute Gasteiger partial charge is 0.292 e. The summed E-state index contributed by atoms with van der Waals surface area (Å²) in [6.45, 7) is 2.18. The molecule has 2 aliphatic rings. The fourth-order valence-corrected chi connectivity index (χ4v) is 2.27. The summed E-state index contributed by atoms with van der Waals surface area (Å²) in [7, 11) is 0. The Balaban J connectivity index is 2.08. The van der Waals surface area contributed by atoms with E-state index >= 15 is 0 Å². The molecule has 2 saturated heterocycles. The van der Waals surface area contributed by atoms with Gasteiger partial charge in [0.05, 0.1) is 6.04 Å². The van der Waals surface area contributed by atoms with Gasteiger partial charge in [-0.2, -0.15) is 0 Å². The van der Waals surface area contributed by atoms with Crippen LogP contribution in [-0.2, 0) is 4.79 Å². The minimum absolute atomic E-state index is 0.0559. The molecule has 0 spiro atoms. The van der Waals surface area contributed by atoms with E-state index < -0.39 is 0 Å². The van der Waals surface area contributed by atoms with Crippen LogP contribution in [0.1, 0.15) is 12.8 Å². The van der Waals surface area contributed by atoms with Crippen LogP contribution in [0.2, 0.25) is 0 Å². The van der Waals surface area contributed by atoms with E-state index in [2.05, 4.69) is 4.90 Å². The molecule has 0 N–H and O–H groups in total. The number of hydrogen-bond acceptors (Lipinski definition) is 2. The molecule has 0 amide bonds. The van der Waals surface area contributed by atoms with Crippen molar-refractivity contribution in [3.63, 3.8) is 0 Å². The van der Waals surface area contributed by atoms with Crippen molar-refractivity contribution in [2.24, 2.45) is 5.92 Å². The summed E-state index contributed by atoms with van der Waals surface area (Å²) < 4.78 is 0. The lowest BCUT2D eigenvalue weighted by Gasteiger charge is -2.20. The van der Waals surface area contributed by atoms with Gasteiger partial charge in [-0.3, -0.25) is 9.69 Å². The van der Waals surface area contributed by atoms with Crippen LogP contribution in [0, 0.1) is 5.92 Å². The molecule has 2 heterocycles. The van der Waals surface area contributed by atoms with Gasteiger partial charge in [0, 0.05) is 6.54 Å². The van der Waals surface area contributed by atoms with E-state index in [1.54, 1.807) is 0 Å². The molecular formula is C7H10ClNO. The van der Waals surface area contributed by atoms with Gasteiger partial charge in [0.2, 0.25) is 5.24 Å². The van der Waals surface area contributed by atoms with Gasteiger partial charge in [-0.05, 0) is 36.9 Å². The Morgan fingerprint density at radius 1 is 1.60 bits per heavy atom. The second-order valence-electron chi connectivity index (χ2n) is 3.21. The zero-order valence-electron chi connectivity index (χ0n) is 5.72. The molecule has 2 nitrogen and oxygen atoms in total. The second kappa shape index (κ2) is 2.21. The molecule has 0 aromatic carbocycles. The summed E-state index contributed by atoms with van der Waals surface area (Å²) in [5, 5.41) is -0.165. The first-order chi connectivity index (χ1) is 4.77. The van der Waals surface area contributed by atoms with Crippen molar-refractivity contribution in [1.29, 1.82) is 0 Å². The van der Waals surface area contributed by atoms with Crippen molar-refractivity contribution in [2.75, 3.05) is 13.1 Å². The predicted molar refractivity (Wildman–Crippen MR) is 38.9 cm³/mol. The van der Waals surface area contributed by atoms with E-state index in [4.69, 9.17) is 11.6 Å². The van der Waals surface area contributed by atoms with Gasteiger partial charge in [0.1, 0.15) is 0 Å². The molecule has 0 saturated carbocycles. The highest BCUT2D eigenvalue weighted by Crippen LogP contribution is 2.33. The molecular weight excluding hydrogens is 150 g/mol. The average molecular weight is 160 g/mol. The van der Waals surface area contributed by atoms with Crippen LogP contribution < -0.4 is 0 Å². The second-order valence-corrected chi connectivity index (χ2v) is 3.58. The average Bonchev–Trinajstić information content (AvgIpc) is 2.44. The third kappa shape index (κ3) is 0.867. The standard InChI is InChI=1S/C7H10ClNO/c8-7(10)6-3-5-1-2-9(6)4-5/h5-6H,1-4H2. The topological polar surface area (TPSA) is 20.3 Å². The van der Waals surface area contributed by atoms with Crippen molar-refractivity contribution in [3.05, 3.63) is 0 Å². The Bertz CT molecular complexity index is 171. The quantitative estimate of drug-likeness (QED) is 0.529. The lowest BCUT2D eigenvalue weighted by Crippen LogP contribution is -2.33. The Morgan fingerprint density at radius 3 is 2.70 bits per heavy atom. The summed E-state index contributed by atoms with van der Waals surface area (Å²) in [4.78, 5) is 13.0. The molecule has 0 radical (unpaired) electrons. The maximum Gasteiger partial charge on any atom is 0.238 e. The van der Waals surface area contributed by atoms with Crippen molar-refractivity contribution in [1.82, 2.24) is 4.90 Å². The maximum atomic E-state index is 10.8. The first-order valence-electron chi connectivity index (χ1n) is 3.71. The maximum absolute atomic E-state index is 10.8. The summed E-state index contributed by atoms with van der Waals surface area (Å²) in [5.74, 6) is 0.757. The highest BCUT2D eigenvalue weighted by molar-refractivity contribution is 6.64. The van der Waals surface area contributed by atoms with Crippen LogP contribution in [0.3, 0.4) is 0 Å². The van der Waals surface area contributed by atoms with Crippen LogP contribution in [0.15, 0.2) is 0 Å². The van der Waals surface area contributed by atoms with Crippen LogP contribution in [-0.4, -0.2) is 29.3 Å². The van der Waals surface area contributed by atoms with Gasteiger partial charge in [-0.1, -0.05) is 0 Å². The summed E-state index contributed by atoms with van der Waals surface area (Å²) >= 11 is 5.40. The van der Waals surface area contributed by atoms with E-state index in [1.165, 1.54) is 6.42 Å². The van der Waals surface area contributed by atoms with E-state index in [1.807, 2.05) is 0 Å². The highest BCUT2D eigenvalue weighted by Gasteiger charge is 2.40. The molecule has 2 bridgehead atoms. The molecule has 56 valence electrons. The minimum atomic E-state index is -0.165. The van der Waals surface area contributed by atoms with E-state index in [9.17, 15) is 4.79 Å². The highest BCUT2D eigenvalue weighted by atomic mass is 35.5. The molecule has 3 unspecified atom stereocenters. The van der Waals surface area contributed by atoms with E-state index in [-0.39, 0.29) is 11.3 Å². The van der Waals surface area contributed by atoms with Crippen molar-refractivity contribution in [3.8, 4) is 0 Å². The van der Waals surface area contributed by atoms with Gasteiger partial charge in [-0.25, -0.2) is 0 Å². The predicted octanol–water partition coefficient (Wildman–Crippen LogP) is 0.846. The molecule has 2 fully saturated rings. The Kier molecular flexibility index (Phi) is 1.46. The summed E-state index contributed by atoms with van der Waals surface area (Å²) in [5.41, 5.74) is 0. The van der Waals surface area contributed by atoms with E-state index in [0.29, 0.717) is 0 Å². The Morgan fingerprint density at radius 2 is 2.40 bits per heavy atom. The Labute approximate surface area is 65.1 Å². The van der Waals surface area contributed by atoms with Crippen molar-refractivity contribution in [2.45, 2.75) is 18.9 Å². The molecule has 2 rings (SSSR count). The summed E-state index contributed by atoms with van der Waals surface area (Å²) in [6, 6.07) is 0.0559. The monoisotopic (exact) mass is 159 g/mol. The number of carbonyl (C=O) groups excluding carboxylic acids is 1. The lowest BCUT2D eigenvalue weighted by molar-refractivity contribution is -0.115. The SMILES string of the molecule is O=C(Cl)C1CC2CCN1C2.